The van der Waals surface area contributed by atoms with Crippen molar-refractivity contribution in [3.8, 4) is 0 Å². The number of aliphatic hydroxyl groups is 1. The second kappa shape index (κ2) is 8.53. The third kappa shape index (κ3) is 4.19. The van der Waals surface area contributed by atoms with Crippen LogP contribution in [-0.4, -0.2) is 10.7 Å². The standard InChI is InChI=1S/C23H29Cl2NO/c1-4-5-14-23(27)15(2)21(17-6-10-19(24)11-7-17)26-22(16(23)3)18-8-12-20(25)13-9-18/h6-13,15-16,21-22,26-27H,4-5,14H2,1-3H3/t15-,16-,21-,22+,23?/m1/s1. The number of benzene rings is 2. The van der Waals surface area contributed by atoms with E-state index in [-0.39, 0.29) is 23.9 Å². The van der Waals surface area contributed by atoms with Gasteiger partial charge in [-0.1, -0.05) is 81.1 Å². The zero-order chi connectivity index (χ0) is 19.6. The molecule has 1 heterocycles. The largest absolute Gasteiger partial charge is 0.389 e. The monoisotopic (exact) mass is 405 g/mol. The maximum Gasteiger partial charge on any atom is 0.0734 e. The molecule has 4 heteroatoms. The highest BCUT2D eigenvalue weighted by molar-refractivity contribution is 6.30. The molecule has 0 aromatic heterocycles. The number of rotatable bonds is 5. The van der Waals surface area contributed by atoms with Gasteiger partial charge in [0.15, 0.2) is 0 Å². The van der Waals surface area contributed by atoms with Gasteiger partial charge < -0.3 is 10.4 Å². The summed E-state index contributed by atoms with van der Waals surface area (Å²) in [5.74, 6) is 0.174. The summed E-state index contributed by atoms with van der Waals surface area (Å²) >= 11 is 12.2. The molecule has 2 nitrogen and oxygen atoms in total. The average molecular weight is 406 g/mol. The summed E-state index contributed by atoms with van der Waals surface area (Å²) in [5, 5.41) is 17.1. The molecule has 146 valence electrons. The molecule has 0 aliphatic carbocycles. The van der Waals surface area contributed by atoms with Crippen LogP contribution >= 0.6 is 23.2 Å². The van der Waals surface area contributed by atoms with Crippen LogP contribution in [0, 0.1) is 11.8 Å². The molecule has 1 aliphatic rings. The molecule has 1 unspecified atom stereocenters. The fourth-order valence-corrected chi connectivity index (χ4v) is 4.75. The minimum atomic E-state index is -0.740. The van der Waals surface area contributed by atoms with Crippen LogP contribution in [0.1, 0.15) is 63.2 Å². The first-order valence-electron chi connectivity index (χ1n) is 9.86. The topological polar surface area (TPSA) is 32.3 Å². The molecule has 0 radical (unpaired) electrons. The number of hydrogen-bond donors (Lipinski definition) is 2. The molecule has 1 aliphatic heterocycles. The van der Waals surface area contributed by atoms with Crippen molar-refractivity contribution in [1.29, 1.82) is 0 Å². The van der Waals surface area contributed by atoms with Crippen molar-refractivity contribution in [3.05, 3.63) is 69.7 Å². The third-order valence-electron chi connectivity index (χ3n) is 6.33. The van der Waals surface area contributed by atoms with Gasteiger partial charge in [-0.05, 0) is 41.8 Å². The van der Waals surface area contributed by atoms with Gasteiger partial charge >= 0.3 is 0 Å². The lowest BCUT2D eigenvalue weighted by Gasteiger charge is -2.52. The summed E-state index contributed by atoms with van der Waals surface area (Å²) in [6, 6.07) is 16.0. The van der Waals surface area contributed by atoms with Crippen LogP contribution < -0.4 is 5.32 Å². The van der Waals surface area contributed by atoms with Crippen molar-refractivity contribution in [2.75, 3.05) is 0 Å². The lowest BCUT2D eigenvalue weighted by molar-refractivity contribution is -0.117. The Kier molecular flexibility index (Phi) is 6.53. The summed E-state index contributed by atoms with van der Waals surface area (Å²) in [6.07, 6.45) is 2.90. The smallest absolute Gasteiger partial charge is 0.0734 e. The fourth-order valence-electron chi connectivity index (χ4n) is 4.50. The molecular formula is C23H29Cl2NO. The number of unbranched alkanes of at least 4 members (excludes halogenated alkanes) is 1. The number of halogens is 2. The summed E-state index contributed by atoms with van der Waals surface area (Å²) in [6.45, 7) is 6.50. The minimum absolute atomic E-state index is 0.0565. The van der Waals surface area contributed by atoms with Crippen LogP contribution in [0.15, 0.2) is 48.5 Å². The SMILES string of the molecule is CCCCC1(O)[C@H](C)[C@@H](c2ccc(Cl)cc2)N[C@@H](c2ccc(Cl)cc2)[C@H]1C. The summed E-state index contributed by atoms with van der Waals surface area (Å²) < 4.78 is 0. The molecule has 2 N–H and O–H groups in total. The molecule has 0 saturated carbocycles. The molecule has 3 rings (SSSR count). The Morgan fingerprint density at radius 2 is 1.26 bits per heavy atom. The molecule has 0 amide bonds. The first-order valence-corrected chi connectivity index (χ1v) is 10.6. The van der Waals surface area contributed by atoms with Gasteiger partial charge in [-0.3, -0.25) is 0 Å². The Hall–Kier alpha value is -1.06. The quantitative estimate of drug-likeness (QED) is 0.588. The molecule has 0 spiro atoms. The van der Waals surface area contributed by atoms with Gasteiger partial charge in [-0.2, -0.15) is 0 Å². The van der Waals surface area contributed by atoms with Crippen molar-refractivity contribution in [3.63, 3.8) is 0 Å². The Morgan fingerprint density at radius 3 is 1.63 bits per heavy atom. The van der Waals surface area contributed by atoms with Gasteiger partial charge in [0.2, 0.25) is 0 Å². The highest BCUT2D eigenvalue weighted by atomic mass is 35.5. The maximum atomic E-state index is 11.8. The van der Waals surface area contributed by atoms with Crippen molar-refractivity contribution in [2.24, 2.45) is 11.8 Å². The normalized spacial score (nSPS) is 31.0. The highest BCUT2D eigenvalue weighted by Gasteiger charge is 2.50. The van der Waals surface area contributed by atoms with E-state index in [0.29, 0.717) is 0 Å². The van der Waals surface area contributed by atoms with Gasteiger partial charge in [0.1, 0.15) is 0 Å². The van der Waals surface area contributed by atoms with Crippen molar-refractivity contribution in [2.45, 2.75) is 57.7 Å². The summed E-state index contributed by atoms with van der Waals surface area (Å²) in [7, 11) is 0. The van der Waals surface area contributed by atoms with Crippen molar-refractivity contribution < 1.29 is 5.11 Å². The first kappa shape index (κ1) is 20.7. The molecule has 5 atom stereocenters. The van der Waals surface area contributed by atoms with Crippen molar-refractivity contribution >= 4 is 23.2 Å². The maximum absolute atomic E-state index is 11.8. The van der Waals surface area contributed by atoms with E-state index in [1.165, 1.54) is 0 Å². The Balaban J connectivity index is 2.01. The predicted molar refractivity (Wildman–Crippen MR) is 114 cm³/mol. The van der Waals surface area contributed by atoms with Crippen LogP contribution in [0.2, 0.25) is 10.0 Å². The van der Waals surface area contributed by atoms with E-state index >= 15 is 0 Å². The zero-order valence-electron chi connectivity index (χ0n) is 16.3. The Bertz CT molecular complexity index is 686. The van der Waals surface area contributed by atoms with Gasteiger partial charge in [-0.25, -0.2) is 0 Å². The van der Waals surface area contributed by atoms with Gasteiger partial charge in [-0.15, -0.1) is 0 Å². The van der Waals surface area contributed by atoms with Crippen molar-refractivity contribution in [1.82, 2.24) is 5.32 Å². The van der Waals surface area contributed by atoms with Crippen LogP contribution in [0.3, 0.4) is 0 Å². The second-order valence-corrected chi connectivity index (χ2v) is 8.77. The fraction of sp³-hybridized carbons (Fsp3) is 0.478. The van der Waals surface area contributed by atoms with E-state index in [4.69, 9.17) is 23.2 Å². The summed E-state index contributed by atoms with van der Waals surface area (Å²) in [4.78, 5) is 0. The molecule has 1 saturated heterocycles. The molecule has 2 aromatic rings. The third-order valence-corrected chi connectivity index (χ3v) is 6.83. The van der Waals surface area contributed by atoms with Crippen LogP contribution in [0.25, 0.3) is 0 Å². The van der Waals surface area contributed by atoms with E-state index in [2.05, 4.69) is 50.4 Å². The van der Waals surface area contributed by atoms with Crippen LogP contribution in [-0.2, 0) is 0 Å². The lowest BCUT2D eigenvalue weighted by Crippen LogP contribution is -2.57. The van der Waals surface area contributed by atoms with E-state index in [1.807, 2.05) is 24.3 Å². The number of piperidine rings is 1. The van der Waals surface area contributed by atoms with E-state index in [9.17, 15) is 5.11 Å². The molecule has 2 aromatic carbocycles. The minimum Gasteiger partial charge on any atom is -0.389 e. The van der Waals surface area contributed by atoms with E-state index in [1.54, 1.807) is 0 Å². The first-order chi connectivity index (χ1) is 12.9. The lowest BCUT2D eigenvalue weighted by atomic mass is 9.64. The Labute approximate surface area is 172 Å². The predicted octanol–water partition coefficient (Wildman–Crippen LogP) is 6.57. The van der Waals surface area contributed by atoms with Gasteiger partial charge in [0.05, 0.1) is 5.60 Å². The highest BCUT2D eigenvalue weighted by Crippen LogP contribution is 2.49. The zero-order valence-corrected chi connectivity index (χ0v) is 17.8. The van der Waals surface area contributed by atoms with Crippen LogP contribution in [0.5, 0.6) is 0 Å². The van der Waals surface area contributed by atoms with Crippen LogP contribution in [0.4, 0.5) is 0 Å². The second-order valence-electron chi connectivity index (χ2n) is 7.90. The summed E-state index contributed by atoms with van der Waals surface area (Å²) in [5.41, 5.74) is 1.58. The molecule has 1 fully saturated rings. The van der Waals surface area contributed by atoms with Gasteiger partial charge in [0, 0.05) is 34.0 Å². The van der Waals surface area contributed by atoms with Gasteiger partial charge in [0.25, 0.3) is 0 Å². The molecular weight excluding hydrogens is 377 g/mol. The molecule has 0 bridgehead atoms. The number of hydrogen-bond acceptors (Lipinski definition) is 2. The number of nitrogens with one attached hydrogen (secondary N) is 1. The van der Waals surface area contributed by atoms with E-state index in [0.717, 1.165) is 40.4 Å². The average Bonchev–Trinajstić information content (AvgIpc) is 2.67. The van der Waals surface area contributed by atoms with E-state index < -0.39 is 5.60 Å². The molecule has 27 heavy (non-hydrogen) atoms. The Morgan fingerprint density at radius 1 is 0.852 bits per heavy atom.